The lowest BCUT2D eigenvalue weighted by atomic mass is 10.00. The van der Waals surface area contributed by atoms with Gasteiger partial charge in [0, 0.05) is 12.0 Å². The molecule has 1 saturated carbocycles. The Labute approximate surface area is 108 Å². The molecule has 18 heavy (non-hydrogen) atoms. The summed E-state index contributed by atoms with van der Waals surface area (Å²) >= 11 is 0. The molecule has 4 nitrogen and oxygen atoms in total. The zero-order valence-electron chi connectivity index (χ0n) is 10.6. The summed E-state index contributed by atoms with van der Waals surface area (Å²) in [4.78, 5) is 22.8. The molecule has 0 aromatic heterocycles. The molecule has 0 unspecified atom stereocenters. The highest BCUT2D eigenvalue weighted by Gasteiger charge is 2.31. The van der Waals surface area contributed by atoms with Crippen LogP contribution in [0.2, 0.25) is 0 Å². The number of hydrogen-bond acceptors (Lipinski definition) is 2. The Morgan fingerprint density at radius 2 is 1.89 bits per heavy atom. The van der Waals surface area contributed by atoms with Crippen LogP contribution in [0.5, 0.6) is 0 Å². The first kappa shape index (κ1) is 14.5. The molecular formula is C14H21NO3. The van der Waals surface area contributed by atoms with Gasteiger partial charge >= 0.3 is 5.97 Å². The van der Waals surface area contributed by atoms with Crippen molar-refractivity contribution in [2.45, 2.75) is 38.1 Å². The van der Waals surface area contributed by atoms with E-state index in [1.165, 1.54) is 0 Å². The van der Waals surface area contributed by atoms with Crippen molar-refractivity contribution in [3.05, 3.63) is 25.3 Å². The molecule has 2 N–H and O–H groups in total. The Kier molecular flexibility index (Phi) is 5.62. The molecule has 0 radical (unpaired) electrons. The van der Waals surface area contributed by atoms with E-state index >= 15 is 0 Å². The maximum absolute atomic E-state index is 12.0. The quantitative estimate of drug-likeness (QED) is 0.681. The van der Waals surface area contributed by atoms with Gasteiger partial charge in [0.1, 0.15) is 0 Å². The third-order valence-electron chi connectivity index (χ3n) is 3.40. The normalized spacial score (nSPS) is 22.7. The van der Waals surface area contributed by atoms with E-state index in [0.29, 0.717) is 25.7 Å². The summed E-state index contributed by atoms with van der Waals surface area (Å²) in [6.45, 7) is 7.28. The van der Waals surface area contributed by atoms with Crippen molar-refractivity contribution >= 4 is 11.9 Å². The monoisotopic (exact) mass is 251 g/mol. The maximum atomic E-state index is 12.0. The summed E-state index contributed by atoms with van der Waals surface area (Å²) in [5.74, 6) is -1.23. The molecule has 1 rings (SSSR count). The second kappa shape index (κ2) is 6.99. The van der Waals surface area contributed by atoms with Gasteiger partial charge in [-0.1, -0.05) is 12.2 Å². The van der Waals surface area contributed by atoms with Gasteiger partial charge in [-0.15, -0.1) is 13.2 Å². The first-order valence-corrected chi connectivity index (χ1v) is 6.33. The Balaban J connectivity index is 2.46. The van der Waals surface area contributed by atoms with Crippen molar-refractivity contribution in [1.29, 1.82) is 0 Å². The van der Waals surface area contributed by atoms with Crippen LogP contribution in [-0.2, 0) is 9.59 Å². The topological polar surface area (TPSA) is 66.4 Å². The smallest absolute Gasteiger partial charge is 0.306 e. The standard InChI is InChI=1S/C14H21NO3/c1-3-5-10(6-4-2)13(16)15-12-8-7-11(9-12)14(17)18/h3-4,10-12H,1-2,5-9H2,(H,15,16)(H,17,18)/t11-,12+/m0/s1. The number of carbonyl (C=O) groups excluding carboxylic acids is 1. The summed E-state index contributed by atoms with van der Waals surface area (Å²) in [5.41, 5.74) is 0. The molecule has 0 aliphatic heterocycles. The number of carboxylic acid groups (broad SMARTS) is 1. The highest BCUT2D eigenvalue weighted by atomic mass is 16.4. The summed E-state index contributed by atoms with van der Waals surface area (Å²) in [6, 6.07) is -0.00395. The zero-order valence-corrected chi connectivity index (χ0v) is 10.6. The molecule has 0 aromatic carbocycles. The van der Waals surface area contributed by atoms with Crippen LogP contribution in [0.3, 0.4) is 0 Å². The van der Waals surface area contributed by atoms with Crippen LogP contribution in [-0.4, -0.2) is 23.0 Å². The fourth-order valence-corrected chi connectivity index (χ4v) is 2.37. The molecule has 2 atom stereocenters. The average Bonchev–Trinajstić information content (AvgIpc) is 2.77. The number of aliphatic carboxylic acids is 1. The van der Waals surface area contributed by atoms with Gasteiger partial charge in [-0.25, -0.2) is 0 Å². The number of rotatable bonds is 7. The fraction of sp³-hybridized carbons (Fsp3) is 0.571. The van der Waals surface area contributed by atoms with Crippen LogP contribution >= 0.6 is 0 Å². The predicted molar refractivity (Wildman–Crippen MR) is 70.0 cm³/mol. The molecule has 100 valence electrons. The lowest BCUT2D eigenvalue weighted by molar-refractivity contribution is -0.141. The fourth-order valence-electron chi connectivity index (χ4n) is 2.37. The van der Waals surface area contributed by atoms with Crippen molar-refractivity contribution in [3.8, 4) is 0 Å². The predicted octanol–water partition coefficient (Wildman–Crippen LogP) is 2.12. The number of amides is 1. The van der Waals surface area contributed by atoms with E-state index < -0.39 is 5.97 Å². The molecule has 1 fully saturated rings. The molecule has 0 spiro atoms. The van der Waals surface area contributed by atoms with E-state index in [1.54, 1.807) is 12.2 Å². The van der Waals surface area contributed by atoms with E-state index in [9.17, 15) is 9.59 Å². The molecule has 0 heterocycles. The average molecular weight is 251 g/mol. The van der Waals surface area contributed by atoms with Crippen LogP contribution in [0.4, 0.5) is 0 Å². The second-order valence-electron chi connectivity index (χ2n) is 4.80. The third-order valence-corrected chi connectivity index (χ3v) is 3.40. The Morgan fingerprint density at radius 3 is 2.33 bits per heavy atom. The SMILES string of the molecule is C=CCC(CC=C)C(=O)N[C@@H]1CC[C@H](C(=O)O)C1. The van der Waals surface area contributed by atoms with Crippen molar-refractivity contribution < 1.29 is 14.7 Å². The first-order valence-electron chi connectivity index (χ1n) is 6.33. The van der Waals surface area contributed by atoms with Crippen LogP contribution in [0.25, 0.3) is 0 Å². The highest BCUT2D eigenvalue weighted by Crippen LogP contribution is 2.26. The molecule has 1 amide bonds. The van der Waals surface area contributed by atoms with Crippen molar-refractivity contribution in [2.24, 2.45) is 11.8 Å². The van der Waals surface area contributed by atoms with E-state index in [0.717, 1.165) is 6.42 Å². The van der Waals surface area contributed by atoms with Crippen LogP contribution in [0, 0.1) is 11.8 Å². The Hall–Kier alpha value is -1.58. The number of carboxylic acids is 1. The van der Waals surface area contributed by atoms with Gasteiger partial charge in [-0.3, -0.25) is 9.59 Å². The summed E-state index contributed by atoms with van der Waals surface area (Å²) < 4.78 is 0. The van der Waals surface area contributed by atoms with Crippen LogP contribution < -0.4 is 5.32 Å². The number of carbonyl (C=O) groups is 2. The van der Waals surface area contributed by atoms with Crippen LogP contribution in [0.15, 0.2) is 25.3 Å². The van der Waals surface area contributed by atoms with Crippen molar-refractivity contribution in [1.82, 2.24) is 5.32 Å². The van der Waals surface area contributed by atoms with Gasteiger partial charge < -0.3 is 10.4 Å². The van der Waals surface area contributed by atoms with E-state index in [2.05, 4.69) is 18.5 Å². The third kappa shape index (κ3) is 4.02. The minimum atomic E-state index is -0.763. The van der Waals surface area contributed by atoms with Crippen LogP contribution in [0.1, 0.15) is 32.1 Å². The second-order valence-corrected chi connectivity index (χ2v) is 4.80. The van der Waals surface area contributed by atoms with Gasteiger partial charge in [0.25, 0.3) is 0 Å². The van der Waals surface area contributed by atoms with Crippen molar-refractivity contribution in [3.63, 3.8) is 0 Å². The summed E-state index contributed by atoms with van der Waals surface area (Å²) in [7, 11) is 0. The lowest BCUT2D eigenvalue weighted by Gasteiger charge is -2.17. The van der Waals surface area contributed by atoms with Gasteiger partial charge in [0.15, 0.2) is 0 Å². The summed E-state index contributed by atoms with van der Waals surface area (Å²) in [5, 5.41) is 11.8. The van der Waals surface area contributed by atoms with Gasteiger partial charge in [-0.05, 0) is 32.1 Å². The molecule has 0 aromatic rings. The molecule has 4 heteroatoms. The van der Waals surface area contributed by atoms with E-state index in [1.807, 2.05) is 0 Å². The molecular weight excluding hydrogens is 230 g/mol. The number of nitrogens with one attached hydrogen (secondary N) is 1. The molecule has 1 aliphatic rings. The number of allylic oxidation sites excluding steroid dienone is 2. The largest absolute Gasteiger partial charge is 0.481 e. The minimum Gasteiger partial charge on any atom is -0.481 e. The highest BCUT2D eigenvalue weighted by molar-refractivity contribution is 5.79. The maximum Gasteiger partial charge on any atom is 0.306 e. The van der Waals surface area contributed by atoms with E-state index in [-0.39, 0.29) is 23.8 Å². The lowest BCUT2D eigenvalue weighted by Crippen LogP contribution is -2.37. The first-order chi connectivity index (χ1) is 8.58. The Bertz CT molecular complexity index is 328. The zero-order chi connectivity index (χ0) is 13.5. The summed E-state index contributed by atoms with van der Waals surface area (Å²) in [6.07, 6.45) is 6.62. The van der Waals surface area contributed by atoms with Gasteiger partial charge in [0.05, 0.1) is 5.92 Å². The van der Waals surface area contributed by atoms with Crippen molar-refractivity contribution in [2.75, 3.05) is 0 Å². The van der Waals surface area contributed by atoms with Gasteiger partial charge in [-0.2, -0.15) is 0 Å². The minimum absolute atomic E-state index is 0.00395. The van der Waals surface area contributed by atoms with Gasteiger partial charge in [0.2, 0.25) is 5.91 Å². The number of hydrogen-bond donors (Lipinski definition) is 2. The Morgan fingerprint density at radius 1 is 1.28 bits per heavy atom. The molecule has 0 bridgehead atoms. The van der Waals surface area contributed by atoms with E-state index in [4.69, 9.17) is 5.11 Å². The molecule has 0 saturated heterocycles. The molecule has 1 aliphatic carbocycles.